The molecule has 3 rings (SSSR count). The number of carbonyl (C=O) groups is 1. The molecule has 1 N–H and O–H groups in total. The molecule has 27 heavy (non-hydrogen) atoms. The summed E-state index contributed by atoms with van der Waals surface area (Å²) in [4.78, 5) is 14.8. The summed E-state index contributed by atoms with van der Waals surface area (Å²) in [7, 11) is 1.67. The van der Waals surface area contributed by atoms with E-state index in [1.54, 1.807) is 7.11 Å². The van der Waals surface area contributed by atoms with Gasteiger partial charge in [-0.05, 0) is 37.1 Å². The van der Waals surface area contributed by atoms with Gasteiger partial charge in [-0.3, -0.25) is 4.79 Å². The summed E-state index contributed by atoms with van der Waals surface area (Å²) in [6.45, 7) is 4.85. The van der Waals surface area contributed by atoms with Crippen LogP contribution >= 0.6 is 0 Å². The van der Waals surface area contributed by atoms with Gasteiger partial charge in [-0.1, -0.05) is 30.3 Å². The minimum absolute atomic E-state index is 0.0000845. The summed E-state index contributed by atoms with van der Waals surface area (Å²) >= 11 is 0. The van der Waals surface area contributed by atoms with Crippen LogP contribution < -0.4 is 14.8 Å². The van der Waals surface area contributed by atoms with Gasteiger partial charge in [-0.15, -0.1) is 0 Å². The Balaban J connectivity index is 1.57. The van der Waals surface area contributed by atoms with Gasteiger partial charge < -0.3 is 19.7 Å². The zero-order chi connectivity index (χ0) is 19.1. The first kappa shape index (κ1) is 19.2. The first-order chi connectivity index (χ1) is 13.2. The summed E-state index contributed by atoms with van der Waals surface area (Å²) in [6.07, 6.45) is 1.19. The van der Waals surface area contributed by atoms with Crippen LogP contribution in [-0.2, 0) is 4.79 Å². The molecule has 1 atom stereocenters. The maximum atomic E-state index is 12.8. The van der Waals surface area contributed by atoms with Gasteiger partial charge in [0.25, 0.3) is 0 Å². The monoisotopic (exact) mass is 368 g/mol. The largest absolute Gasteiger partial charge is 0.496 e. The van der Waals surface area contributed by atoms with E-state index in [0.29, 0.717) is 26.0 Å². The van der Waals surface area contributed by atoms with Crippen molar-refractivity contribution in [2.45, 2.75) is 25.8 Å². The number of carbonyl (C=O) groups excluding carboxylic acids is 1. The zero-order valence-electron chi connectivity index (χ0n) is 16.1. The Bertz CT molecular complexity index is 763. The van der Waals surface area contributed by atoms with Crippen molar-refractivity contribution in [3.8, 4) is 11.5 Å². The van der Waals surface area contributed by atoms with Gasteiger partial charge in [-0.2, -0.15) is 0 Å². The predicted octanol–water partition coefficient (Wildman–Crippen LogP) is 3.34. The molecule has 2 aromatic rings. The van der Waals surface area contributed by atoms with Crippen LogP contribution in [0.1, 0.15) is 30.0 Å². The smallest absolute Gasteiger partial charge is 0.223 e. The molecule has 1 saturated heterocycles. The number of amides is 1. The molecular formula is C22H28N2O3. The van der Waals surface area contributed by atoms with Crippen LogP contribution in [-0.4, -0.2) is 44.2 Å². The van der Waals surface area contributed by atoms with Crippen LogP contribution in [0.2, 0.25) is 0 Å². The van der Waals surface area contributed by atoms with E-state index in [2.05, 4.69) is 5.32 Å². The number of rotatable bonds is 7. The fraction of sp³-hybridized carbons (Fsp3) is 0.409. The molecular weight excluding hydrogens is 340 g/mol. The average molecular weight is 368 g/mol. The second-order valence-corrected chi connectivity index (χ2v) is 6.82. The minimum Gasteiger partial charge on any atom is -0.496 e. The average Bonchev–Trinajstić information content (AvgIpc) is 2.71. The first-order valence-corrected chi connectivity index (χ1v) is 9.51. The van der Waals surface area contributed by atoms with Crippen molar-refractivity contribution < 1.29 is 14.3 Å². The number of nitrogens with one attached hydrogen (secondary N) is 1. The van der Waals surface area contributed by atoms with Crippen molar-refractivity contribution >= 4 is 5.91 Å². The van der Waals surface area contributed by atoms with Crippen molar-refractivity contribution in [1.29, 1.82) is 0 Å². The Morgan fingerprint density at radius 1 is 1.22 bits per heavy atom. The molecule has 5 heteroatoms. The molecule has 1 aliphatic heterocycles. The quantitative estimate of drug-likeness (QED) is 0.762. The maximum Gasteiger partial charge on any atom is 0.223 e. The molecule has 1 heterocycles. The van der Waals surface area contributed by atoms with Gasteiger partial charge in [0.15, 0.2) is 0 Å². The highest BCUT2D eigenvalue weighted by molar-refractivity contribution is 5.77. The topological polar surface area (TPSA) is 50.8 Å². The third kappa shape index (κ3) is 5.01. The summed E-state index contributed by atoms with van der Waals surface area (Å²) in [5.41, 5.74) is 2.22. The van der Waals surface area contributed by atoms with E-state index in [4.69, 9.17) is 9.47 Å². The number of para-hydroxylation sites is 1. The second-order valence-electron chi connectivity index (χ2n) is 6.82. The van der Waals surface area contributed by atoms with Gasteiger partial charge >= 0.3 is 0 Å². The molecule has 144 valence electrons. The Labute approximate surface area is 161 Å². The molecule has 5 nitrogen and oxygen atoms in total. The van der Waals surface area contributed by atoms with E-state index >= 15 is 0 Å². The molecule has 0 radical (unpaired) electrons. The van der Waals surface area contributed by atoms with Crippen molar-refractivity contribution in [2.75, 3.05) is 33.4 Å². The minimum atomic E-state index is 0.0000845. The molecule has 1 aliphatic rings. The first-order valence-electron chi connectivity index (χ1n) is 9.51. The Kier molecular flexibility index (Phi) is 6.71. The number of hydrogen-bond donors (Lipinski definition) is 1. The van der Waals surface area contributed by atoms with E-state index in [1.807, 2.05) is 60.4 Å². The summed E-state index contributed by atoms with van der Waals surface area (Å²) in [5, 5.41) is 3.39. The lowest BCUT2D eigenvalue weighted by Gasteiger charge is -2.37. The molecule has 1 amide bonds. The number of aryl methyl sites for hydroxylation is 1. The van der Waals surface area contributed by atoms with Gasteiger partial charge in [-0.25, -0.2) is 0 Å². The Morgan fingerprint density at radius 2 is 2.07 bits per heavy atom. The van der Waals surface area contributed by atoms with Crippen molar-refractivity contribution in [3.05, 3.63) is 59.7 Å². The predicted molar refractivity (Wildman–Crippen MR) is 106 cm³/mol. The van der Waals surface area contributed by atoms with Crippen LogP contribution in [0.3, 0.4) is 0 Å². The molecule has 0 aromatic heterocycles. The number of benzene rings is 2. The molecule has 2 aromatic carbocycles. The van der Waals surface area contributed by atoms with E-state index in [9.17, 15) is 4.79 Å². The maximum absolute atomic E-state index is 12.8. The van der Waals surface area contributed by atoms with Gasteiger partial charge in [0.1, 0.15) is 11.5 Å². The number of nitrogens with zero attached hydrogens (tertiary/aromatic N) is 1. The SMILES string of the molecule is COc1ccccc1C1CNCCN1C(=O)CCCOc1cccc(C)c1. The van der Waals surface area contributed by atoms with Crippen molar-refractivity contribution in [3.63, 3.8) is 0 Å². The normalized spacial score (nSPS) is 16.8. The molecule has 0 spiro atoms. The standard InChI is InChI=1S/C22H28N2O3/c1-17-7-5-8-18(15-17)27-14-6-11-22(25)24-13-12-23-16-20(24)19-9-3-4-10-21(19)26-2/h3-5,7-10,15,20,23H,6,11-14,16H2,1-2H3. The lowest BCUT2D eigenvalue weighted by Crippen LogP contribution is -2.48. The summed E-state index contributed by atoms with van der Waals surface area (Å²) in [5.74, 6) is 1.85. The van der Waals surface area contributed by atoms with E-state index < -0.39 is 0 Å². The number of methoxy groups -OCH3 is 1. The highest BCUT2D eigenvalue weighted by Gasteiger charge is 2.29. The number of hydrogen-bond acceptors (Lipinski definition) is 4. The van der Waals surface area contributed by atoms with E-state index in [0.717, 1.165) is 30.2 Å². The fourth-order valence-corrected chi connectivity index (χ4v) is 3.48. The second kappa shape index (κ2) is 9.42. The van der Waals surface area contributed by atoms with E-state index in [1.165, 1.54) is 5.56 Å². The molecule has 0 bridgehead atoms. The van der Waals surface area contributed by atoms with Crippen LogP contribution in [0, 0.1) is 6.92 Å². The van der Waals surface area contributed by atoms with Gasteiger partial charge in [0, 0.05) is 31.6 Å². The highest BCUT2D eigenvalue weighted by atomic mass is 16.5. The van der Waals surface area contributed by atoms with Crippen LogP contribution in [0.15, 0.2) is 48.5 Å². The Hall–Kier alpha value is -2.53. The number of piperazine rings is 1. The fourth-order valence-electron chi connectivity index (χ4n) is 3.48. The van der Waals surface area contributed by atoms with Crippen LogP contribution in [0.25, 0.3) is 0 Å². The third-order valence-corrected chi connectivity index (χ3v) is 4.85. The third-order valence-electron chi connectivity index (χ3n) is 4.85. The molecule has 1 fully saturated rings. The zero-order valence-corrected chi connectivity index (χ0v) is 16.1. The summed E-state index contributed by atoms with van der Waals surface area (Å²) < 4.78 is 11.3. The van der Waals surface area contributed by atoms with Gasteiger partial charge in [0.2, 0.25) is 5.91 Å². The molecule has 1 unspecified atom stereocenters. The molecule has 0 saturated carbocycles. The van der Waals surface area contributed by atoms with E-state index in [-0.39, 0.29) is 11.9 Å². The van der Waals surface area contributed by atoms with Crippen molar-refractivity contribution in [1.82, 2.24) is 10.2 Å². The number of ether oxygens (including phenoxy) is 2. The Morgan fingerprint density at radius 3 is 2.89 bits per heavy atom. The van der Waals surface area contributed by atoms with Crippen LogP contribution in [0.5, 0.6) is 11.5 Å². The molecule has 0 aliphatic carbocycles. The lowest BCUT2D eigenvalue weighted by molar-refractivity contribution is -0.134. The highest BCUT2D eigenvalue weighted by Crippen LogP contribution is 2.30. The van der Waals surface area contributed by atoms with Crippen molar-refractivity contribution in [2.24, 2.45) is 0 Å². The summed E-state index contributed by atoms with van der Waals surface area (Å²) in [6, 6.07) is 15.9. The lowest BCUT2D eigenvalue weighted by atomic mass is 10.0. The van der Waals surface area contributed by atoms with Gasteiger partial charge in [0.05, 0.1) is 19.8 Å². The van der Waals surface area contributed by atoms with Crippen LogP contribution in [0.4, 0.5) is 0 Å².